The van der Waals surface area contributed by atoms with Gasteiger partial charge >= 0.3 is 0 Å². The van der Waals surface area contributed by atoms with Crippen molar-refractivity contribution < 1.29 is 0 Å². The minimum atomic E-state index is 0.321. The van der Waals surface area contributed by atoms with Gasteiger partial charge in [-0.25, -0.2) is 0 Å². The Morgan fingerprint density at radius 1 is 1.20 bits per heavy atom. The van der Waals surface area contributed by atoms with Crippen LogP contribution in [-0.4, -0.2) is 6.85 Å². The van der Waals surface area contributed by atoms with Gasteiger partial charge in [0.05, 0.1) is 0 Å². The summed E-state index contributed by atoms with van der Waals surface area (Å²) in [4.78, 5) is 0. The van der Waals surface area contributed by atoms with E-state index in [0.29, 0.717) is 12.2 Å². The van der Waals surface area contributed by atoms with Gasteiger partial charge in [0.15, 0.2) is 0 Å². The molecule has 1 aliphatic heterocycles. The molecule has 0 saturated heterocycles. The Hall–Kier alpha value is -0.655. The van der Waals surface area contributed by atoms with Gasteiger partial charge in [-0.2, -0.15) is 0 Å². The molecule has 1 aliphatic rings. The molecule has 1 heterocycles. The zero-order valence-electron chi connectivity index (χ0n) is 6.89. The monoisotopic (exact) mass is 135 g/mol. The molecule has 0 bridgehead atoms. The highest BCUT2D eigenvalue weighted by Crippen LogP contribution is 2.26. The average Bonchev–Trinajstić information content (AvgIpc) is 1.88. The summed E-state index contributed by atoms with van der Waals surface area (Å²) in [6.07, 6.45) is 6.10. The number of hydrogen-bond donors (Lipinski definition) is 1. The lowest BCUT2D eigenvalue weighted by Gasteiger charge is -2.25. The van der Waals surface area contributed by atoms with E-state index in [0.717, 1.165) is 0 Å². The molecule has 0 unspecified atom stereocenters. The lowest BCUT2D eigenvalue weighted by Crippen LogP contribution is -2.37. The molecule has 0 fully saturated rings. The smallest absolute Gasteiger partial charge is 0.283 e. The molecule has 0 atom stereocenters. The third-order valence-corrected chi connectivity index (χ3v) is 1.72. The standard InChI is InChI=1S/C8H14BN/c1-8(2,3)9-6-4-5-7-10-9/h4-7,10H,1-3H3. The predicted octanol–water partition coefficient (Wildman–Crippen LogP) is 1.99. The zero-order valence-corrected chi connectivity index (χ0v) is 6.89. The molecule has 0 aromatic heterocycles. The summed E-state index contributed by atoms with van der Waals surface area (Å²) >= 11 is 0. The highest BCUT2D eigenvalue weighted by atomic mass is 14.8. The number of hydrogen-bond acceptors (Lipinski definition) is 1. The molecule has 0 amide bonds. The topological polar surface area (TPSA) is 12.0 Å². The van der Waals surface area contributed by atoms with Crippen LogP contribution in [0.15, 0.2) is 24.3 Å². The molecule has 1 rings (SSSR count). The molecule has 54 valence electrons. The van der Waals surface area contributed by atoms with Crippen LogP contribution in [0.3, 0.4) is 0 Å². The molecule has 2 heteroatoms. The summed E-state index contributed by atoms with van der Waals surface area (Å²) in [7, 11) is 0. The van der Waals surface area contributed by atoms with Crippen LogP contribution in [0.4, 0.5) is 0 Å². The van der Waals surface area contributed by atoms with Crippen LogP contribution in [0, 0.1) is 0 Å². The quantitative estimate of drug-likeness (QED) is 0.501. The lowest BCUT2D eigenvalue weighted by atomic mass is 9.43. The molecular weight excluding hydrogens is 121 g/mol. The first kappa shape index (κ1) is 7.45. The first-order valence-electron chi connectivity index (χ1n) is 3.70. The van der Waals surface area contributed by atoms with Crippen LogP contribution in [0.2, 0.25) is 5.31 Å². The number of allylic oxidation sites excluding steroid dienone is 2. The molecular formula is C8H14BN. The molecule has 1 nitrogen and oxygen atoms in total. The zero-order chi connectivity index (χ0) is 7.61. The van der Waals surface area contributed by atoms with Gasteiger partial charge in [-0.15, -0.1) is 0 Å². The summed E-state index contributed by atoms with van der Waals surface area (Å²) in [6, 6.07) is 0. The van der Waals surface area contributed by atoms with E-state index < -0.39 is 0 Å². The van der Waals surface area contributed by atoms with Crippen molar-refractivity contribution in [3.05, 3.63) is 24.3 Å². The minimum Gasteiger partial charge on any atom is -0.430 e. The SMILES string of the molecule is CC(C)(C)B1C=CC=CN1. The first-order chi connectivity index (χ1) is 4.61. The largest absolute Gasteiger partial charge is 0.430 e. The Balaban J connectivity index is 2.60. The maximum atomic E-state index is 3.29. The van der Waals surface area contributed by atoms with Gasteiger partial charge in [0.2, 0.25) is 0 Å². The fourth-order valence-electron chi connectivity index (χ4n) is 0.984. The maximum absolute atomic E-state index is 3.29. The molecule has 1 N–H and O–H groups in total. The highest BCUT2D eigenvalue weighted by molar-refractivity contribution is 6.65. The summed E-state index contributed by atoms with van der Waals surface area (Å²) in [5.41, 5.74) is 0. The summed E-state index contributed by atoms with van der Waals surface area (Å²) in [5.74, 6) is 2.19. The van der Waals surface area contributed by atoms with Crippen molar-refractivity contribution in [1.82, 2.24) is 5.23 Å². The van der Waals surface area contributed by atoms with Gasteiger partial charge < -0.3 is 5.23 Å². The molecule has 0 spiro atoms. The van der Waals surface area contributed by atoms with Gasteiger partial charge in [0.1, 0.15) is 0 Å². The lowest BCUT2D eigenvalue weighted by molar-refractivity contribution is 0.730. The fraction of sp³-hybridized carbons (Fsp3) is 0.500. The third-order valence-electron chi connectivity index (χ3n) is 1.72. The van der Waals surface area contributed by atoms with Crippen molar-refractivity contribution in [2.45, 2.75) is 26.1 Å². The Labute approximate surface area is 63.3 Å². The van der Waals surface area contributed by atoms with Crippen molar-refractivity contribution in [3.8, 4) is 0 Å². The van der Waals surface area contributed by atoms with Crippen molar-refractivity contribution in [2.75, 3.05) is 0 Å². The van der Waals surface area contributed by atoms with E-state index in [-0.39, 0.29) is 0 Å². The third kappa shape index (κ3) is 1.66. The van der Waals surface area contributed by atoms with Crippen LogP contribution in [0.1, 0.15) is 20.8 Å². The predicted molar refractivity (Wildman–Crippen MR) is 46.9 cm³/mol. The van der Waals surface area contributed by atoms with E-state index in [9.17, 15) is 0 Å². The minimum absolute atomic E-state index is 0.321. The Morgan fingerprint density at radius 3 is 2.20 bits per heavy atom. The van der Waals surface area contributed by atoms with E-state index in [1.165, 1.54) is 0 Å². The summed E-state index contributed by atoms with van der Waals surface area (Å²) in [6.45, 7) is 7.17. The van der Waals surface area contributed by atoms with Crippen LogP contribution in [0.5, 0.6) is 0 Å². The second-order valence-corrected chi connectivity index (χ2v) is 3.75. The van der Waals surface area contributed by atoms with Crippen molar-refractivity contribution in [3.63, 3.8) is 0 Å². The van der Waals surface area contributed by atoms with E-state index >= 15 is 0 Å². The average molecular weight is 135 g/mol. The van der Waals surface area contributed by atoms with Crippen LogP contribution in [-0.2, 0) is 0 Å². The van der Waals surface area contributed by atoms with Crippen molar-refractivity contribution in [2.24, 2.45) is 0 Å². The molecule has 10 heavy (non-hydrogen) atoms. The Kier molecular flexibility index (Phi) is 1.88. The highest BCUT2D eigenvalue weighted by Gasteiger charge is 2.26. The molecule has 0 radical (unpaired) electrons. The Bertz CT molecular complexity index is 165. The Morgan fingerprint density at radius 2 is 1.90 bits per heavy atom. The van der Waals surface area contributed by atoms with Crippen LogP contribution >= 0.6 is 0 Å². The van der Waals surface area contributed by atoms with Crippen molar-refractivity contribution >= 4 is 6.85 Å². The van der Waals surface area contributed by atoms with Gasteiger partial charge in [-0.05, 0) is 17.6 Å². The van der Waals surface area contributed by atoms with Crippen LogP contribution < -0.4 is 5.23 Å². The van der Waals surface area contributed by atoms with Gasteiger partial charge in [-0.3, -0.25) is 0 Å². The first-order valence-corrected chi connectivity index (χ1v) is 3.70. The second-order valence-electron chi connectivity index (χ2n) is 3.75. The molecule has 0 saturated carbocycles. The van der Waals surface area contributed by atoms with Crippen molar-refractivity contribution in [1.29, 1.82) is 0 Å². The maximum Gasteiger partial charge on any atom is 0.283 e. The van der Waals surface area contributed by atoms with E-state index in [4.69, 9.17) is 0 Å². The van der Waals surface area contributed by atoms with E-state index in [2.05, 4.69) is 38.1 Å². The number of rotatable bonds is 0. The summed E-state index contributed by atoms with van der Waals surface area (Å²) < 4.78 is 0. The fourth-order valence-corrected chi connectivity index (χ4v) is 0.984. The van der Waals surface area contributed by atoms with Gasteiger partial charge in [0.25, 0.3) is 6.85 Å². The van der Waals surface area contributed by atoms with E-state index in [1.807, 2.05) is 12.3 Å². The normalized spacial score (nSPS) is 17.3. The second kappa shape index (κ2) is 2.53. The van der Waals surface area contributed by atoms with Gasteiger partial charge in [-0.1, -0.05) is 32.8 Å². The molecule has 0 aromatic rings. The van der Waals surface area contributed by atoms with Crippen LogP contribution in [0.25, 0.3) is 0 Å². The molecule has 0 aliphatic carbocycles. The van der Waals surface area contributed by atoms with Gasteiger partial charge in [0, 0.05) is 0 Å². The summed E-state index contributed by atoms with van der Waals surface area (Å²) in [5, 5.41) is 3.61. The molecule has 0 aromatic carbocycles. The van der Waals surface area contributed by atoms with E-state index in [1.54, 1.807) is 0 Å². The number of nitrogens with one attached hydrogen (secondary N) is 1.